The molecule has 0 saturated heterocycles. The smallest absolute Gasteiger partial charge is 0.142 e. The lowest BCUT2D eigenvalue weighted by Crippen LogP contribution is -2.25. The Kier molecular flexibility index (Phi) is 5.72. The van der Waals surface area contributed by atoms with Crippen LogP contribution in [0.1, 0.15) is 13.8 Å². The number of halogens is 2. The lowest BCUT2D eigenvalue weighted by molar-refractivity contribution is 0.0845. The van der Waals surface area contributed by atoms with Gasteiger partial charge in [0.2, 0.25) is 0 Å². The standard InChI is InChI=1S/C11H16Br2N2O/c1-8(2)16-5-4-15(3)11-10(13)6-9(12)7-14-11/h6-8H,4-5H2,1-3H3. The molecule has 90 valence electrons. The van der Waals surface area contributed by atoms with Gasteiger partial charge in [0.05, 0.1) is 17.2 Å². The highest BCUT2D eigenvalue weighted by molar-refractivity contribution is 9.11. The van der Waals surface area contributed by atoms with Crippen molar-refractivity contribution in [2.24, 2.45) is 0 Å². The molecular weight excluding hydrogens is 336 g/mol. The van der Waals surface area contributed by atoms with Crippen LogP contribution in [0.15, 0.2) is 21.2 Å². The summed E-state index contributed by atoms with van der Waals surface area (Å²) in [6.07, 6.45) is 2.06. The van der Waals surface area contributed by atoms with E-state index in [0.29, 0.717) is 6.61 Å². The van der Waals surface area contributed by atoms with Gasteiger partial charge in [0.15, 0.2) is 0 Å². The molecule has 0 unspecified atom stereocenters. The third-order valence-corrected chi connectivity index (χ3v) is 3.05. The van der Waals surface area contributed by atoms with E-state index in [1.807, 2.05) is 27.0 Å². The van der Waals surface area contributed by atoms with Gasteiger partial charge in [-0.3, -0.25) is 0 Å². The zero-order chi connectivity index (χ0) is 12.1. The van der Waals surface area contributed by atoms with Gasteiger partial charge in [-0.15, -0.1) is 0 Å². The van der Waals surface area contributed by atoms with E-state index in [1.54, 1.807) is 6.20 Å². The van der Waals surface area contributed by atoms with Crippen molar-refractivity contribution in [3.63, 3.8) is 0 Å². The van der Waals surface area contributed by atoms with Gasteiger partial charge in [-0.2, -0.15) is 0 Å². The van der Waals surface area contributed by atoms with Crippen LogP contribution in [0.5, 0.6) is 0 Å². The van der Waals surface area contributed by atoms with Crippen LogP contribution in [-0.2, 0) is 4.74 Å². The molecule has 0 atom stereocenters. The molecule has 5 heteroatoms. The molecule has 1 heterocycles. The number of nitrogens with zero attached hydrogens (tertiary/aromatic N) is 2. The second-order valence-electron chi connectivity index (χ2n) is 3.80. The summed E-state index contributed by atoms with van der Waals surface area (Å²) in [6, 6.07) is 1.99. The number of pyridine rings is 1. The maximum atomic E-state index is 5.50. The van der Waals surface area contributed by atoms with Gasteiger partial charge in [-0.1, -0.05) is 0 Å². The van der Waals surface area contributed by atoms with E-state index in [1.165, 1.54) is 0 Å². The Morgan fingerprint density at radius 2 is 2.12 bits per heavy atom. The van der Waals surface area contributed by atoms with Gasteiger partial charge in [-0.05, 0) is 51.8 Å². The molecule has 1 aromatic heterocycles. The Morgan fingerprint density at radius 1 is 1.44 bits per heavy atom. The van der Waals surface area contributed by atoms with Gasteiger partial charge in [-0.25, -0.2) is 4.98 Å². The molecule has 3 nitrogen and oxygen atoms in total. The second kappa shape index (κ2) is 6.57. The first-order valence-corrected chi connectivity index (χ1v) is 6.73. The van der Waals surface area contributed by atoms with Crippen LogP contribution in [-0.4, -0.2) is 31.3 Å². The van der Waals surface area contributed by atoms with Crippen LogP contribution in [0.4, 0.5) is 5.82 Å². The highest BCUT2D eigenvalue weighted by Crippen LogP contribution is 2.25. The Balaban J connectivity index is 2.55. The second-order valence-corrected chi connectivity index (χ2v) is 5.57. The normalized spacial score (nSPS) is 10.9. The van der Waals surface area contributed by atoms with Crippen LogP contribution >= 0.6 is 31.9 Å². The molecule has 0 bridgehead atoms. The lowest BCUT2D eigenvalue weighted by atomic mass is 10.4. The molecule has 1 rings (SSSR count). The van der Waals surface area contributed by atoms with Crippen molar-refractivity contribution in [2.45, 2.75) is 20.0 Å². The van der Waals surface area contributed by atoms with Crippen molar-refractivity contribution in [3.8, 4) is 0 Å². The van der Waals surface area contributed by atoms with Crippen LogP contribution in [0.2, 0.25) is 0 Å². The Morgan fingerprint density at radius 3 is 2.69 bits per heavy atom. The fraction of sp³-hybridized carbons (Fsp3) is 0.545. The number of hydrogen-bond acceptors (Lipinski definition) is 3. The summed E-state index contributed by atoms with van der Waals surface area (Å²) in [5.41, 5.74) is 0. The van der Waals surface area contributed by atoms with Gasteiger partial charge >= 0.3 is 0 Å². The van der Waals surface area contributed by atoms with Crippen molar-refractivity contribution in [3.05, 3.63) is 21.2 Å². The molecule has 16 heavy (non-hydrogen) atoms. The number of anilines is 1. The molecule has 0 aliphatic carbocycles. The highest BCUT2D eigenvalue weighted by atomic mass is 79.9. The minimum Gasteiger partial charge on any atom is -0.377 e. The van der Waals surface area contributed by atoms with E-state index >= 15 is 0 Å². The third-order valence-electron chi connectivity index (χ3n) is 2.03. The maximum absolute atomic E-state index is 5.50. The summed E-state index contributed by atoms with van der Waals surface area (Å²) in [7, 11) is 2.00. The Labute approximate surface area is 113 Å². The van der Waals surface area contributed by atoms with Gasteiger partial charge in [0, 0.05) is 24.3 Å². The molecule has 0 amide bonds. The number of aromatic nitrogens is 1. The van der Waals surface area contributed by atoms with Crippen LogP contribution in [0.25, 0.3) is 0 Å². The van der Waals surface area contributed by atoms with Crippen molar-refractivity contribution < 1.29 is 4.74 Å². The first-order chi connectivity index (χ1) is 7.50. The molecule has 0 aliphatic rings. The average molecular weight is 352 g/mol. The summed E-state index contributed by atoms with van der Waals surface area (Å²) in [4.78, 5) is 6.42. The van der Waals surface area contributed by atoms with E-state index < -0.39 is 0 Å². The molecule has 0 saturated carbocycles. The zero-order valence-corrected chi connectivity index (χ0v) is 12.9. The number of likely N-dealkylation sites (N-methyl/N-ethyl adjacent to an activating group) is 1. The summed E-state index contributed by atoms with van der Waals surface area (Å²) < 4.78 is 7.45. The van der Waals surface area contributed by atoms with E-state index in [4.69, 9.17) is 4.74 Å². The molecule has 0 aromatic carbocycles. The van der Waals surface area contributed by atoms with Crippen LogP contribution in [0.3, 0.4) is 0 Å². The molecule has 0 radical (unpaired) electrons. The molecule has 0 fully saturated rings. The van der Waals surface area contributed by atoms with E-state index in [-0.39, 0.29) is 6.10 Å². The average Bonchev–Trinajstić information content (AvgIpc) is 2.16. The van der Waals surface area contributed by atoms with Crippen molar-refractivity contribution in [1.82, 2.24) is 4.98 Å². The van der Waals surface area contributed by atoms with Gasteiger partial charge in [0.25, 0.3) is 0 Å². The van der Waals surface area contributed by atoms with Crippen molar-refractivity contribution in [2.75, 3.05) is 25.1 Å². The maximum Gasteiger partial charge on any atom is 0.142 e. The lowest BCUT2D eigenvalue weighted by Gasteiger charge is -2.20. The zero-order valence-electron chi connectivity index (χ0n) is 9.70. The topological polar surface area (TPSA) is 25.4 Å². The summed E-state index contributed by atoms with van der Waals surface area (Å²) in [5, 5.41) is 0. The largest absolute Gasteiger partial charge is 0.377 e. The minimum atomic E-state index is 0.273. The first kappa shape index (κ1) is 13.9. The van der Waals surface area contributed by atoms with Crippen molar-refractivity contribution in [1.29, 1.82) is 0 Å². The fourth-order valence-electron chi connectivity index (χ4n) is 1.22. The first-order valence-electron chi connectivity index (χ1n) is 5.14. The summed E-state index contributed by atoms with van der Waals surface area (Å²) in [6.45, 7) is 5.60. The Bertz CT molecular complexity index is 345. The molecule has 0 aliphatic heterocycles. The summed E-state index contributed by atoms with van der Waals surface area (Å²) in [5.74, 6) is 0.926. The highest BCUT2D eigenvalue weighted by Gasteiger charge is 2.07. The van der Waals surface area contributed by atoms with Crippen LogP contribution < -0.4 is 4.90 Å². The number of hydrogen-bond donors (Lipinski definition) is 0. The van der Waals surface area contributed by atoms with E-state index in [2.05, 4.69) is 41.7 Å². The molecular formula is C11H16Br2N2O. The van der Waals surface area contributed by atoms with Gasteiger partial charge < -0.3 is 9.64 Å². The molecule has 1 aromatic rings. The van der Waals surface area contributed by atoms with Gasteiger partial charge in [0.1, 0.15) is 5.82 Å². The van der Waals surface area contributed by atoms with Crippen LogP contribution in [0, 0.1) is 0 Å². The number of ether oxygens (including phenoxy) is 1. The third kappa shape index (κ3) is 4.39. The minimum absolute atomic E-state index is 0.273. The SMILES string of the molecule is CC(C)OCCN(C)c1ncc(Br)cc1Br. The molecule has 0 N–H and O–H groups in total. The Hall–Kier alpha value is -0.130. The van der Waals surface area contributed by atoms with E-state index in [9.17, 15) is 0 Å². The summed E-state index contributed by atoms with van der Waals surface area (Å²) >= 11 is 6.87. The number of rotatable bonds is 5. The quantitative estimate of drug-likeness (QED) is 0.812. The molecule has 0 spiro atoms. The predicted molar refractivity (Wildman–Crippen MR) is 74.0 cm³/mol. The predicted octanol–water partition coefficient (Wildman–Crippen LogP) is 3.47. The van der Waals surface area contributed by atoms with Crippen molar-refractivity contribution >= 4 is 37.7 Å². The van der Waals surface area contributed by atoms with E-state index in [0.717, 1.165) is 21.3 Å². The monoisotopic (exact) mass is 350 g/mol. The fourth-order valence-corrected chi connectivity index (χ4v) is 2.51.